The third-order valence-corrected chi connectivity index (χ3v) is 3.68. The number of nitrogens with one attached hydrogen (secondary N) is 2. The first-order valence-corrected chi connectivity index (χ1v) is 8.30. The molecule has 0 aliphatic carbocycles. The summed E-state index contributed by atoms with van der Waals surface area (Å²) in [7, 11) is 1.68. The average molecular weight is 307 g/mol. The Morgan fingerprint density at radius 1 is 1.38 bits per heavy atom. The molecule has 0 heterocycles. The minimum Gasteiger partial charge on any atom is -0.496 e. The van der Waals surface area contributed by atoms with Gasteiger partial charge in [0.1, 0.15) is 5.75 Å². The fourth-order valence-corrected chi connectivity index (χ4v) is 2.33. The van der Waals surface area contributed by atoms with Gasteiger partial charge in [0.15, 0.2) is 5.96 Å². The van der Waals surface area contributed by atoms with Crippen molar-refractivity contribution in [2.75, 3.05) is 31.7 Å². The third-order valence-electron chi connectivity index (χ3n) is 2.72. The number of hydrogen-bond acceptors (Lipinski definition) is 3. The number of thioether (sulfide) groups is 1. The van der Waals surface area contributed by atoms with Gasteiger partial charge in [-0.05, 0) is 13.0 Å². The highest BCUT2D eigenvalue weighted by molar-refractivity contribution is 7.99. The first-order valence-electron chi connectivity index (χ1n) is 7.14. The van der Waals surface area contributed by atoms with Crippen LogP contribution in [0.5, 0.6) is 5.75 Å². The predicted octanol–water partition coefficient (Wildman–Crippen LogP) is 2.67. The van der Waals surface area contributed by atoms with Gasteiger partial charge >= 0.3 is 0 Å². The molecule has 0 aliphatic heterocycles. The molecule has 1 rings (SSSR count). The number of nitrogens with zero attached hydrogens (tertiary/aromatic N) is 1. The lowest BCUT2D eigenvalue weighted by atomic mass is 10.2. The van der Waals surface area contributed by atoms with Crippen molar-refractivity contribution >= 4 is 17.7 Å². The Balaban J connectivity index is 2.52. The first-order chi connectivity index (χ1) is 10.3. The van der Waals surface area contributed by atoms with E-state index in [0.717, 1.165) is 41.9 Å². The van der Waals surface area contributed by atoms with Gasteiger partial charge in [-0.1, -0.05) is 24.3 Å². The highest BCUT2D eigenvalue weighted by Crippen LogP contribution is 2.17. The molecule has 0 bridgehead atoms. The lowest BCUT2D eigenvalue weighted by Gasteiger charge is -2.11. The smallest absolute Gasteiger partial charge is 0.191 e. The molecule has 0 aliphatic rings. The Bertz CT molecular complexity index is 449. The minimum atomic E-state index is 0.596. The Kier molecular flexibility index (Phi) is 9.20. The van der Waals surface area contributed by atoms with Crippen LogP contribution in [0, 0.1) is 0 Å². The number of aliphatic imine (C=N–C) groups is 1. The molecule has 5 heteroatoms. The van der Waals surface area contributed by atoms with Gasteiger partial charge in [-0.2, -0.15) is 11.8 Å². The van der Waals surface area contributed by atoms with Crippen molar-refractivity contribution in [2.45, 2.75) is 13.5 Å². The summed E-state index contributed by atoms with van der Waals surface area (Å²) in [6.45, 7) is 8.10. The summed E-state index contributed by atoms with van der Waals surface area (Å²) >= 11 is 1.85. The van der Waals surface area contributed by atoms with E-state index in [-0.39, 0.29) is 0 Å². The number of rotatable bonds is 9. The zero-order valence-corrected chi connectivity index (χ0v) is 13.7. The lowest BCUT2D eigenvalue weighted by Crippen LogP contribution is -2.38. The Labute approximate surface area is 132 Å². The maximum absolute atomic E-state index is 5.34. The van der Waals surface area contributed by atoms with E-state index < -0.39 is 0 Å². The Morgan fingerprint density at radius 3 is 2.90 bits per heavy atom. The number of guanidine groups is 1. The zero-order valence-electron chi connectivity index (χ0n) is 12.9. The van der Waals surface area contributed by atoms with Crippen molar-refractivity contribution in [3.63, 3.8) is 0 Å². The maximum atomic E-state index is 5.34. The average Bonchev–Trinajstić information content (AvgIpc) is 2.52. The van der Waals surface area contributed by atoms with Gasteiger partial charge in [-0.15, -0.1) is 6.58 Å². The summed E-state index contributed by atoms with van der Waals surface area (Å²) in [5, 5.41) is 6.58. The van der Waals surface area contributed by atoms with Crippen LogP contribution >= 0.6 is 11.8 Å². The van der Waals surface area contributed by atoms with Crippen molar-refractivity contribution in [3.8, 4) is 5.75 Å². The van der Waals surface area contributed by atoms with E-state index in [0.29, 0.717) is 6.54 Å². The largest absolute Gasteiger partial charge is 0.496 e. The van der Waals surface area contributed by atoms with Crippen molar-refractivity contribution in [3.05, 3.63) is 42.5 Å². The Morgan fingerprint density at radius 2 is 2.19 bits per heavy atom. The molecule has 0 radical (unpaired) electrons. The molecule has 0 atom stereocenters. The maximum Gasteiger partial charge on any atom is 0.191 e. The molecule has 4 nitrogen and oxygen atoms in total. The molecule has 0 aromatic heterocycles. The quantitative estimate of drug-likeness (QED) is 0.319. The van der Waals surface area contributed by atoms with Crippen LogP contribution in [-0.4, -0.2) is 37.7 Å². The second-order valence-electron chi connectivity index (χ2n) is 4.30. The molecular formula is C16H25N3OS. The van der Waals surface area contributed by atoms with Crippen LogP contribution < -0.4 is 15.4 Å². The van der Waals surface area contributed by atoms with Crippen LogP contribution in [0.3, 0.4) is 0 Å². The SMILES string of the molecule is C=CCSCCNC(=NCc1ccccc1OC)NCC. The van der Waals surface area contributed by atoms with Gasteiger partial charge in [0.05, 0.1) is 13.7 Å². The molecule has 116 valence electrons. The third kappa shape index (κ3) is 7.09. The van der Waals surface area contributed by atoms with Crippen molar-refractivity contribution < 1.29 is 4.74 Å². The summed E-state index contributed by atoms with van der Waals surface area (Å²) < 4.78 is 5.34. The second kappa shape index (κ2) is 11.1. The van der Waals surface area contributed by atoms with Crippen molar-refractivity contribution in [1.29, 1.82) is 0 Å². The first kappa shape index (κ1) is 17.4. The van der Waals surface area contributed by atoms with Gasteiger partial charge in [0.25, 0.3) is 0 Å². The fourth-order valence-electron chi connectivity index (χ4n) is 1.75. The molecule has 0 fully saturated rings. The Hall–Kier alpha value is -1.62. The molecule has 0 saturated heterocycles. The summed E-state index contributed by atoms with van der Waals surface area (Å²) in [6, 6.07) is 7.95. The predicted molar refractivity (Wildman–Crippen MR) is 93.3 cm³/mol. The summed E-state index contributed by atoms with van der Waals surface area (Å²) in [5.74, 6) is 3.73. The molecule has 0 saturated carbocycles. The minimum absolute atomic E-state index is 0.596. The van der Waals surface area contributed by atoms with Gasteiger partial charge in [0, 0.05) is 30.2 Å². The molecular weight excluding hydrogens is 282 g/mol. The number of benzene rings is 1. The number of hydrogen-bond donors (Lipinski definition) is 2. The lowest BCUT2D eigenvalue weighted by molar-refractivity contribution is 0.410. The molecule has 1 aromatic rings. The van der Waals surface area contributed by atoms with Gasteiger partial charge in [0.2, 0.25) is 0 Å². The van der Waals surface area contributed by atoms with E-state index in [9.17, 15) is 0 Å². The van der Waals surface area contributed by atoms with E-state index >= 15 is 0 Å². The monoisotopic (exact) mass is 307 g/mol. The van der Waals surface area contributed by atoms with Crippen molar-refractivity contribution in [2.24, 2.45) is 4.99 Å². The molecule has 21 heavy (non-hydrogen) atoms. The summed E-state index contributed by atoms with van der Waals surface area (Å²) in [4.78, 5) is 4.60. The van der Waals surface area contributed by atoms with E-state index in [4.69, 9.17) is 4.74 Å². The van der Waals surface area contributed by atoms with Crippen molar-refractivity contribution in [1.82, 2.24) is 10.6 Å². The normalized spacial score (nSPS) is 11.0. The second-order valence-corrected chi connectivity index (χ2v) is 5.45. The molecule has 0 unspecified atom stereocenters. The molecule has 2 N–H and O–H groups in total. The van der Waals surface area contributed by atoms with E-state index in [2.05, 4.69) is 29.1 Å². The number of para-hydroxylation sites is 1. The van der Waals surface area contributed by atoms with E-state index in [1.165, 1.54) is 0 Å². The van der Waals surface area contributed by atoms with Crippen LogP contribution in [0.15, 0.2) is 41.9 Å². The topological polar surface area (TPSA) is 45.7 Å². The summed E-state index contributed by atoms with van der Waals surface area (Å²) in [6.07, 6.45) is 1.92. The van der Waals surface area contributed by atoms with Crippen LogP contribution in [0.25, 0.3) is 0 Å². The van der Waals surface area contributed by atoms with E-state index in [1.54, 1.807) is 7.11 Å². The number of methoxy groups -OCH3 is 1. The zero-order chi connectivity index (χ0) is 15.3. The van der Waals surface area contributed by atoms with Gasteiger partial charge in [-0.25, -0.2) is 4.99 Å². The highest BCUT2D eigenvalue weighted by atomic mass is 32.2. The molecule has 0 amide bonds. The van der Waals surface area contributed by atoms with Crippen LogP contribution in [0.2, 0.25) is 0 Å². The number of ether oxygens (including phenoxy) is 1. The fraction of sp³-hybridized carbons (Fsp3) is 0.438. The molecule has 0 spiro atoms. The molecule has 1 aromatic carbocycles. The van der Waals surface area contributed by atoms with Gasteiger partial charge < -0.3 is 15.4 Å². The van der Waals surface area contributed by atoms with Crippen LogP contribution in [0.4, 0.5) is 0 Å². The van der Waals surface area contributed by atoms with E-state index in [1.807, 2.05) is 42.1 Å². The highest BCUT2D eigenvalue weighted by Gasteiger charge is 2.02. The standard InChI is InChI=1S/C16H25N3OS/c1-4-11-21-12-10-18-16(17-5-2)19-13-14-8-6-7-9-15(14)20-3/h4,6-9H,1,5,10-13H2,2-3H3,(H2,17,18,19). The van der Waals surface area contributed by atoms with Crippen LogP contribution in [0.1, 0.15) is 12.5 Å². The summed E-state index contributed by atoms with van der Waals surface area (Å²) in [5.41, 5.74) is 1.08. The van der Waals surface area contributed by atoms with Crippen LogP contribution in [-0.2, 0) is 6.54 Å². The van der Waals surface area contributed by atoms with Gasteiger partial charge in [-0.3, -0.25) is 0 Å².